The third-order valence-electron chi connectivity index (χ3n) is 1.66. The van der Waals surface area contributed by atoms with E-state index >= 15 is 0 Å². The predicted octanol–water partition coefficient (Wildman–Crippen LogP) is 2.00. The number of carboxylic acids is 2. The van der Waals surface area contributed by atoms with Crippen molar-refractivity contribution in [2.75, 3.05) is 0 Å². The third-order valence-corrected chi connectivity index (χ3v) is 2.35. The fourth-order valence-electron chi connectivity index (χ4n) is 1.06. The molecule has 0 heterocycles. The van der Waals surface area contributed by atoms with Crippen LogP contribution in [-0.2, 0) is 9.59 Å². The zero-order valence-corrected chi connectivity index (χ0v) is 9.06. The van der Waals surface area contributed by atoms with E-state index in [9.17, 15) is 9.59 Å². The molecular formula is C10H7BrO4. The summed E-state index contributed by atoms with van der Waals surface area (Å²) < 4.78 is 0.542. The summed E-state index contributed by atoms with van der Waals surface area (Å²) in [5.74, 6) is -2.56. The van der Waals surface area contributed by atoms with E-state index in [1.807, 2.05) is 0 Å². The monoisotopic (exact) mass is 270 g/mol. The van der Waals surface area contributed by atoms with Crippen LogP contribution in [0.1, 0.15) is 5.56 Å². The third kappa shape index (κ3) is 2.92. The highest BCUT2D eigenvalue weighted by atomic mass is 79.9. The largest absolute Gasteiger partial charge is 0.478 e. The lowest BCUT2D eigenvalue weighted by Crippen LogP contribution is -2.03. The van der Waals surface area contributed by atoms with Crippen LogP contribution in [0.4, 0.5) is 0 Å². The Kier molecular flexibility index (Phi) is 3.62. The number of benzene rings is 1. The molecule has 0 amide bonds. The van der Waals surface area contributed by atoms with Crippen LogP contribution >= 0.6 is 15.9 Å². The van der Waals surface area contributed by atoms with Gasteiger partial charge in [-0.3, -0.25) is 0 Å². The maximum Gasteiger partial charge on any atom is 0.336 e. The highest BCUT2D eigenvalue weighted by Gasteiger charge is 2.14. The van der Waals surface area contributed by atoms with Crippen molar-refractivity contribution >= 4 is 33.4 Å². The van der Waals surface area contributed by atoms with Crippen molar-refractivity contribution in [3.8, 4) is 0 Å². The zero-order chi connectivity index (χ0) is 11.4. The summed E-state index contributed by atoms with van der Waals surface area (Å²) in [6, 6.07) is 6.54. The molecule has 0 radical (unpaired) electrons. The normalized spacial score (nSPS) is 11.1. The van der Waals surface area contributed by atoms with Gasteiger partial charge in [0.1, 0.15) is 0 Å². The van der Waals surface area contributed by atoms with Crippen LogP contribution in [0.15, 0.2) is 34.8 Å². The minimum atomic E-state index is -1.29. The first-order valence-corrected chi connectivity index (χ1v) is 4.74. The van der Waals surface area contributed by atoms with Crippen LogP contribution in [0.3, 0.4) is 0 Å². The fraction of sp³-hybridized carbons (Fsp3) is 0. The zero-order valence-electron chi connectivity index (χ0n) is 7.48. The summed E-state index contributed by atoms with van der Waals surface area (Å²) in [6.07, 6.45) is 0.669. The molecule has 2 N–H and O–H groups in total. The Labute approximate surface area is 94.0 Å². The molecule has 4 nitrogen and oxygen atoms in total. The number of carbonyl (C=O) groups is 2. The molecule has 0 aliphatic carbocycles. The number of hydrogen-bond donors (Lipinski definition) is 2. The molecule has 15 heavy (non-hydrogen) atoms. The van der Waals surface area contributed by atoms with Crippen LogP contribution < -0.4 is 0 Å². The number of carboxylic acid groups (broad SMARTS) is 2. The Morgan fingerprint density at radius 1 is 1.20 bits per heavy atom. The van der Waals surface area contributed by atoms with Crippen LogP contribution in [0, 0.1) is 0 Å². The number of halogens is 1. The van der Waals surface area contributed by atoms with Gasteiger partial charge in [0.15, 0.2) is 0 Å². The minimum absolute atomic E-state index is 0.255. The van der Waals surface area contributed by atoms with Gasteiger partial charge in [0.05, 0.1) is 5.57 Å². The first kappa shape index (κ1) is 11.5. The Balaban J connectivity index is 3.29. The van der Waals surface area contributed by atoms with Gasteiger partial charge in [-0.1, -0.05) is 34.1 Å². The minimum Gasteiger partial charge on any atom is -0.478 e. The molecule has 0 spiro atoms. The second kappa shape index (κ2) is 4.75. The standard InChI is InChI=1S/C10H7BrO4/c11-8-4-2-1-3-6(8)7(10(14)15)5-9(12)13/h1-5H,(H,12,13)(H,14,15). The van der Waals surface area contributed by atoms with E-state index in [1.165, 1.54) is 6.07 Å². The summed E-state index contributed by atoms with van der Waals surface area (Å²) >= 11 is 3.16. The van der Waals surface area contributed by atoms with Gasteiger partial charge < -0.3 is 10.2 Å². The number of aliphatic carboxylic acids is 2. The Morgan fingerprint density at radius 2 is 1.80 bits per heavy atom. The average Bonchev–Trinajstić information content (AvgIpc) is 2.15. The Hall–Kier alpha value is -1.62. The molecule has 0 saturated heterocycles. The van der Waals surface area contributed by atoms with Crippen LogP contribution in [0.25, 0.3) is 5.57 Å². The lowest BCUT2D eigenvalue weighted by molar-refractivity contribution is -0.133. The van der Waals surface area contributed by atoms with E-state index in [-0.39, 0.29) is 5.57 Å². The van der Waals surface area contributed by atoms with Gasteiger partial charge in [-0.15, -0.1) is 0 Å². The average molecular weight is 271 g/mol. The molecule has 0 bridgehead atoms. The number of rotatable bonds is 3. The van der Waals surface area contributed by atoms with Gasteiger partial charge in [-0.25, -0.2) is 9.59 Å². The molecule has 0 fully saturated rings. The van der Waals surface area contributed by atoms with Crippen molar-refractivity contribution < 1.29 is 19.8 Å². The second-order valence-electron chi connectivity index (χ2n) is 2.68. The van der Waals surface area contributed by atoms with Gasteiger partial charge in [0.25, 0.3) is 0 Å². The molecule has 5 heteroatoms. The number of hydrogen-bond acceptors (Lipinski definition) is 2. The smallest absolute Gasteiger partial charge is 0.336 e. The van der Waals surface area contributed by atoms with Gasteiger partial charge in [0.2, 0.25) is 0 Å². The van der Waals surface area contributed by atoms with Crippen molar-refractivity contribution in [1.82, 2.24) is 0 Å². The molecule has 0 aromatic heterocycles. The van der Waals surface area contributed by atoms with Gasteiger partial charge in [-0.2, -0.15) is 0 Å². The molecule has 0 saturated carbocycles. The summed E-state index contributed by atoms with van der Waals surface area (Å²) in [5, 5.41) is 17.4. The first-order chi connectivity index (χ1) is 7.02. The predicted molar refractivity (Wildman–Crippen MR) is 57.4 cm³/mol. The molecule has 0 unspecified atom stereocenters. The highest BCUT2D eigenvalue weighted by molar-refractivity contribution is 9.10. The Bertz CT molecular complexity index is 437. The molecule has 78 valence electrons. The maximum absolute atomic E-state index is 10.8. The van der Waals surface area contributed by atoms with E-state index < -0.39 is 11.9 Å². The van der Waals surface area contributed by atoms with E-state index in [2.05, 4.69) is 15.9 Å². The fourth-order valence-corrected chi connectivity index (χ4v) is 1.56. The van der Waals surface area contributed by atoms with E-state index in [4.69, 9.17) is 10.2 Å². The summed E-state index contributed by atoms with van der Waals surface area (Å²) in [4.78, 5) is 21.3. The molecule has 1 rings (SSSR count). The van der Waals surface area contributed by atoms with Crippen molar-refractivity contribution in [2.24, 2.45) is 0 Å². The van der Waals surface area contributed by atoms with Crippen LogP contribution in [-0.4, -0.2) is 22.2 Å². The van der Waals surface area contributed by atoms with E-state index in [0.717, 1.165) is 0 Å². The van der Waals surface area contributed by atoms with Gasteiger partial charge in [0, 0.05) is 16.1 Å². The van der Waals surface area contributed by atoms with Gasteiger partial charge in [-0.05, 0) is 6.07 Å². The first-order valence-electron chi connectivity index (χ1n) is 3.95. The summed E-state index contributed by atoms with van der Waals surface area (Å²) in [7, 11) is 0. The highest BCUT2D eigenvalue weighted by Crippen LogP contribution is 2.24. The lowest BCUT2D eigenvalue weighted by atomic mass is 10.1. The molecule has 0 atom stereocenters. The molecule has 1 aromatic rings. The van der Waals surface area contributed by atoms with Crippen molar-refractivity contribution in [3.05, 3.63) is 40.4 Å². The van der Waals surface area contributed by atoms with Crippen molar-refractivity contribution in [3.63, 3.8) is 0 Å². The SMILES string of the molecule is O=C(O)C=C(C(=O)O)c1ccccc1Br. The molecule has 0 aliphatic rings. The summed E-state index contributed by atoms with van der Waals surface area (Å²) in [5.41, 5.74) is 0.0855. The topological polar surface area (TPSA) is 74.6 Å². The van der Waals surface area contributed by atoms with E-state index in [0.29, 0.717) is 16.1 Å². The molecule has 1 aromatic carbocycles. The summed E-state index contributed by atoms with van der Waals surface area (Å²) in [6.45, 7) is 0. The molecule has 0 aliphatic heterocycles. The maximum atomic E-state index is 10.8. The van der Waals surface area contributed by atoms with Crippen LogP contribution in [0.5, 0.6) is 0 Å². The van der Waals surface area contributed by atoms with Crippen LogP contribution in [0.2, 0.25) is 0 Å². The van der Waals surface area contributed by atoms with Crippen molar-refractivity contribution in [1.29, 1.82) is 0 Å². The second-order valence-corrected chi connectivity index (χ2v) is 3.54. The Morgan fingerprint density at radius 3 is 2.27 bits per heavy atom. The quantitative estimate of drug-likeness (QED) is 0.824. The molecular weight excluding hydrogens is 264 g/mol. The van der Waals surface area contributed by atoms with Gasteiger partial charge >= 0.3 is 11.9 Å². The van der Waals surface area contributed by atoms with E-state index in [1.54, 1.807) is 18.2 Å². The van der Waals surface area contributed by atoms with Crippen molar-refractivity contribution in [2.45, 2.75) is 0 Å². The lowest BCUT2D eigenvalue weighted by Gasteiger charge is -2.03.